The van der Waals surface area contributed by atoms with Crippen LogP contribution < -0.4 is 21.3 Å². The molecule has 0 spiro atoms. The van der Waals surface area contributed by atoms with E-state index in [0.717, 1.165) is 10.1 Å². The van der Waals surface area contributed by atoms with Crippen molar-refractivity contribution in [3.05, 3.63) is 56.2 Å². The van der Waals surface area contributed by atoms with Gasteiger partial charge in [0.1, 0.15) is 11.6 Å². The van der Waals surface area contributed by atoms with Gasteiger partial charge in [0.15, 0.2) is 0 Å². The van der Waals surface area contributed by atoms with Crippen molar-refractivity contribution in [1.82, 2.24) is 9.13 Å². The zero-order chi connectivity index (χ0) is 19.0. The zero-order valence-electron chi connectivity index (χ0n) is 15.4. The number of anilines is 1. The molecule has 3 rings (SSSR count). The lowest BCUT2D eigenvalue weighted by Gasteiger charge is -2.28. The molecule has 0 saturated heterocycles. The molecule has 1 amide bonds. The van der Waals surface area contributed by atoms with Crippen LogP contribution in [0.4, 0.5) is 5.82 Å². The molecular formula is C19H23N3O4. The number of para-hydroxylation sites is 1. The predicted molar refractivity (Wildman–Crippen MR) is 98.8 cm³/mol. The average molecular weight is 357 g/mol. The van der Waals surface area contributed by atoms with Crippen LogP contribution in [0.3, 0.4) is 0 Å². The highest BCUT2D eigenvalue weighted by atomic mass is 16.5. The molecule has 0 radical (unpaired) electrons. The van der Waals surface area contributed by atoms with Crippen molar-refractivity contribution in [1.29, 1.82) is 0 Å². The van der Waals surface area contributed by atoms with Crippen LogP contribution in [-0.2, 0) is 18.9 Å². The Hall–Kier alpha value is -2.83. The van der Waals surface area contributed by atoms with Gasteiger partial charge in [0, 0.05) is 32.0 Å². The molecule has 0 saturated carbocycles. The summed E-state index contributed by atoms with van der Waals surface area (Å²) in [4.78, 5) is 37.3. The van der Waals surface area contributed by atoms with Gasteiger partial charge in [0.05, 0.1) is 12.2 Å². The van der Waals surface area contributed by atoms with Crippen molar-refractivity contribution in [2.24, 2.45) is 20.0 Å². The Morgan fingerprint density at radius 1 is 1.15 bits per heavy atom. The summed E-state index contributed by atoms with van der Waals surface area (Å²) in [5, 5.41) is 2.68. The lowest BCUT2D eigenvalue weighted by atomic mass is 9.86. The van der Waals surface area contributed by atoms with Gasteiger partial charge in [0.2, 0.25) is 5.91 Å². The molecule has 1 aliphatic heterocycles. The second-order valence-electron chi connectivity index (χ2n) is 7.02. The van der Waals surface area contributed by atoms with E-state index in [4.69, 9.17) is 4.74 Å². The third kappa shape index (κ3) is 3.05. The van der Waals surface area contributed by atoms with E-state index in [1.54, 1.807) is 7.05 Å². The van der Waals surface area contributed by atoms with Crippen LogP contribution in [0.5, 0.6) is 5.75 Å². The Morgan fingerprint density at radius 2 is 1.85 bits per heavy atom. The second-order valence-corrected chi connectivity index (χ2v) is 7.02. The summed E-state index contributed by atoms with van der Waals surface area (Å²) in [6, 6.07) is 7.43. The van der Waals surface area contributed by atoms with Crippen molar-refractivity contribution in [2.75, 3.05) is 11.9 Å². The third-order valence-electron chi connectivity index (χ3n) is 4.56. The molecule has 1 atom stereocenters. The van der Waals surface area contributed by atoms with Crippen LogP contribution in [0.15, 0.2) is 33.9 Å². The Balaban J connectivity index is 2.20. The summed E-state index contributed by atoms with van der Waals surface area (Å²) in [6.07, 6.45) is 0.127. The van der Waals surface area contributed by atoms with E-state index in [9.17, 15) is 14.4 Å². The fourth-order valence-electron chi connectivity index (χ4n) is 3.23. The van der Waals surface area contributed by atoms with Crippen molar-refractivity contribution >= 4 is 11.7 Å². The quantitative estimate of drug-likeness (QED) is 0.901. The molecule has 138 valence electrons. The molecule has 1 N–H and O–H groups in total. The second kappa shape index (κ2) is 6.82. The molecule has 2 heterocycles. The first kappa shape index (κ1) is 18.0. The number of rotatable bonds is 4. The van der Waals surface area contributed by atoms with Crippen molar-refractivity contribution in [2.45, 2.75) is 26.2 Å². The van der Waals surface area contributed by atoms with Crippen molar-refractivity contribution < 1.29 is 9.53 Å². The van der Waals surface area contributed by atoms with Crippen molar-refractivity contribution in [3.8, 4) is 5.75 Å². The zero-order valence-corrected chi connectivity index (χ0v) is 15.4. The molecule has 0 aliphatic carbocycles. The van der Waals surface area contributed by atoms with Crippen LogP contribution in [0.25, 0.3) is 0 Å². The summed E-state index contributed by atoms with van der Waals surface area (Å²) < 4.78 is 8.29. The summed E-state index contributed by atoms with van der Waals surface area (Å²) in [7, 11) is 2.99. The topological polar surface area (TPSA) is 82.3 Å². The number of aromatic nitrogens is 2. The van der Waals surface area contributed by atoms with E-state index in [0.29, 0.717) is 23.8 Å². The predicted octanol–water partition coefficient (Wildman–Crippen LogP) is 1.59. The van der Waals surface area contributed by atoms with Gasteiger partial charge in [-0.3, -0.25) is 18.7 Å². The highest BCUT2D eigenvalue weighted by Crippen LogP contribution is 2.38. The summed E-state index contributed by atoms with van der Waals surface area (Å²) >= 11 is 0. The number of ether oxygens (including phenoxy) is 1. The van der Waals surface area contributed by atoms with E-state index in [-0.39, 0.29) is 18.1 Å². The summed E-state index contributed by atoms with van der Waals surface area (Å²) in [5.74, 6) is 0.566. The summed E-state index contributed by atoms with van der Waals surface area (Å²) in [6.45, 7) is 4.64. The van der Waals surface area contributed by atoms with Crippen LogP contribution in [0.2, 0.25) is 0 Å². The monoisotopic (exact) mass is 357 g/mol. The number of carbonyl (C=O) groups is 1. The van der Waals surface area contributed by atoms with Crippen molar-refractivity contribution in [3.63, 3.8) is 0 Å². The first-order chi connectivity index (χ1) is 12.3. The molecule has 1 aromatic carbocycles. The highest BCUT2D eigenvalue weighted by Gasteiger charge is 2.33. The number of benzene rings is 1. The minimum atomic E-state index is -0.473. The van der Waals surface area contributed by atoms with E-state index in [1.807, 2.05) is 24.3 Å². The number of hydrogen-bond acceptors (Lipinski definition) is 4. The molecule has 7 nitrogen and oxygen atoms in total. The lowest BCUT2D eigenvalue weighted by Crippen LogP contribution is -2.44. The molecule has 7 heteroatoms. The smallest absolute Gasteiger partial charge is 0.332 e. The van der Waals surface area contributed by atoms with Crippen LogP contribution in [-0.4, -0.2) is 21.6 Å². The first-order valence-corrected chi connectivity index (χ1v) is 8.62. The SMILES string of the molecule is CC(C)COc1ccccc1C1CC(=O)Nc2c1c(=O)n(C)c(=O)n2C. The Labute approximate surface area is 151 Å². The maximum atomic E-state index is 12.8. The van der Waals surface area contributed by atoms with Gasteiger partial charge in [0.25, 0.3) is 5.56 Å². The van der Waals surface area contributed by atoms with Gasteiger partial charge < -0.3 is 10.1 Å². The maximum Gasteiger partial charge on any atom is 0.332 e. The molecule has 0 fully saturated rings. The first-order valence-electron chi connectivity index (χ1n) is 8.62. The number of fused-ring (bicyclic) bond motifs is 1. The van der Waals surface area contributed by atoms with Crippen LogP contribution in [0, 0.1) is 5.92 Å². The molecular weight excluding hydrogens is 334 g/mol. The van der Waals surface area contributed by atoms with Gasteiger partial charge in [-0.15, -0.1) is 0 Å². The molecule has 1 aromatic heterocycles. The van der Waals surface area contributed by atoms with E-state index in [2.05, 4.69) is 19.2 Å². The third-order valence-corrected chi connectivity index (χ3v) is 4.56. The molecule has 0 bridgehead atoms. The van der Waals surface area contributed by atoms with Crippen LogP contribution in [0.1, 0.15) is 37.3 Å². The van der Waals surface area contributed by atoms with Gasteiger partial charge in [-0.05, 0) is 12.0 Å². The average Bonchev–Trinajstić information content (AvgIpc) is 2.62. The van der Waals surface area contributed by atoms with Gasteiger partial charge in [-0.25, -0.2) is 4.79 Å². The van der Waals surface area contributed by atoms with Gasteiger partial charge in [-0.2, -0.15) is 0 Å². The Kier molecular flexibility index (Phi) is 4.71. The summed E-state index contributed by atoms with van der Waals surface area (Å²) in [5.41, 5.74) is 0.320. The number of hydrogen-bond donors (Lipinski definition) is 1. The number of carbonyl (C=O) groups excluding carboxylic acids is 1. The Morgan fingerprint density at radius 3 is 2.54 bits per heavy atom. The van der Waals surface area contributed by atoms with Gasteiger partial charge in [-0.1, -0.05) is 32.0 Å². The number of nitrogens with zero attached hydrogens (tertiary/aromatic N) is 2. The Bertz CT molecular complexity index is 972. The molecule has 1 aliphatic rings. The standard InChI is InChI=1S/C19H23N3O4/c1-11(2)10-26-14-8-6-5-7-12(14)13-9-15(23)20-17-16(13)18(24)22(4)19(25)21(17)3/h5-8,11,13H,9-10H2,1-4H3,(H,20,23). The maximum absolute atomic E-state index is 12.8. The minimum absolute atomic E-state index is 0.127. The lowest BCUT2D eigenvalue weighted by molar-refractivity contribution is -0.116. The van der Waals surface area contributed by atoms with E-state index < -0.39 is 17.2 Å². The number of nitrogens with one attached hydrogen (secondary N) is 1. The largest absolute Gasteiger partial charge is 0.493 e. The number of amides is 1. The van der Waals surface area contributed by atoms with Gasteiger partial charge >= 0.3 is 5.69 Å². The fraction of sp³-hybridized carbons (Fsp3) is 0.421. The van der Waals surface area contributed by atoms with E-state index in [1.165, 1.54) is 11.6 Å². The highest BCUT2D eigenvalue weighted by molar-refractivity contribution is 5.94. The molecule has 1 unspecified atom stereocenters. The minimum Gasteiger partial charge on any atom is -0.493 e. The molecule has 26 heavy (non-hydrogen) atoms. The van der Waals surface area contributed by atoms with Crippen LogP contribution >= 0.6 is 0 Å². The fourth-order valence-corrected chi connectivity index (χ4v) is 3.23. The molecule has 2 aromatic rings. The van der Waals surface area contributed by atoms with E-state index >= 15 is 0 Å². The normalized spacial score (nSPS) is 16.3.